The van der Waals surface area contributed by atoms with Gasteiger partial charge in [0.1, 0.15) is 18.2 Å². The van der Waals surface area contributed by atoms with Crippen LogP contribution in [0.5, 0.6) is 0 Å². The number of benzene rings is 1. The first-order valence-electron chi connectivity index (χ1n) is 11.2. The summed E-state index contributed by atoms with van der Waals surface area (Å²) in [4.78, 5) is 15.8. The van der Waals surface area contributed by atoms with E-state index in [9.17, 15) is 0 Å². The smallest absolute Gasteiger partial charge is 0.194 e. The first-order chi connectivity index (χ1) is 15.6. The third kappa shape index (κ3) is 4.83. The molecule has 3 heterocycles. The van der Waals surface area contributed by atoms with Crippen LogP contribution in [0.15, 0.2) is 35.7 Å². The van der Waals surface area contributed by atoms with E-state index in [1.54, 1.807) is 17.2 Å². The highest BCUT2D eigenvalue weighted by Crippen LogP contribution is 2.26. The van der Waals surface area contributed by atoms with Gasteiger partial charge >= 0.3 is 0 Å². The van der Waals surface area contributed by atoms with Crippen LogP contribution < -0.4 is 10.6 Å². The summed E-state index contributed by atoms with van der Waals surface area (Å²) in [6, 6.07) is 6.56. The number of nitrogens with zero attached hydrogens (tertiary/aromatic N) is 6. The van der Waals surface area contributed by atoms with Crippen LogP contribution in [0.25, 0.3) is 11.0 Å². The van der Waals surface area contributed by atoms with E-state index in [0.717, 1.165) is 42.4 Å². The standard InChI is InChI=1S/C23H32N8O/c1-5-24-23(26-9-8-25-21-19-13-29-30(4)22(19)28-15-27-21)31-10-11-32-20(14-31)18-7-6-16(2)12-17(18)3/h6-7,12-13,15,20H,5,8-11,14H2,1-4H3,(H,24,26)(H,25,27,28). The summed E-state index contributed by atoms with van der Waals surface area (Å²) in [6.07, 6.45) is 3.39. The van der Waals surface area contributed by atoms with Gasteiger partial charge in [-0.25, -0.2) is 9.97 Å². The molecule has 2 aromatic heterocycles. The maximum atomic E-state index is 6.11. The predicted molar refractivity (Wildman–Crippen MR) is 127 cm³/mol. The second-order valence-corrected chi connectivity index (χ2v) is 8.06. The van der Waals surface area contributed by atoms with E-state index in [-0.39, 0.29) is 6.10 Å². The van der Waals surface area contributed by atoms with Crippen LogP contribution in [0.1, 0.15) is 29.7 Å². The quantitative estimate of drug-likeness (QED) is 0.348. The molecule has 0 spiro atoms. The summed E-state index contributed by atoms with van der Waals surface area (Å²) < 4.78 is 7.86. The van der Waals surface area contributed by atoms with Crippen LogP contribution in [0.3, 0.4) is 0 Å². The van der Waals surface area contributed by atoms with E-state index in [1.807, 2.05) is 7.05 Å². The Balaban J connectivity index is 1.40. The number of nitrogens with one attached hydrogen (secondary N) is 2. The number of aliphatic imine (C=N–C) groups is 1. The molecule has 2 N–H and O–H groups in total. The Hall–Kier alpha value is -3.20. The highest BCUT2D eigenvalue weighted by Gasteiger charge is 2.25. The number of rotatable bonds is 6. The fourth-order valence-corrected chi connectivity index (χ4v) is 4.08. The molecule has 1 fully saturated rings. The lowest BCUT2D eigenvalue weighted by Crippen LogP contribution is -2.48. The molecule has 1 aliphatic heterocycles. The molecule has 9 nitrogen and oxygen atoms in total. The third-order valence-electron chi connectivity index (χ3n) is 5.67. The molecule has 0 radical (unpaired) electrons. The first kappa shape index (κ1) is 22.0. The van der Waals surface area contributed by atoms with Crippen LogP contribution in [0, 0.1) is 13.8 Å². The molecule has 1 unspecified atom stereocenters. The van der Waals surface area contributed by atoms with Crippen molar-refractivity contribution >= 4 is 22.8 Å². The third-order valence-corrected chi connectivity index (χ3v) is 5.67. The number of fused-ring (bicyclic) bond motifs is 1. The van der Waals surface area contributed by atoms with Crippen LogP contribution in [0.4, 0.5) is 5.82 Å². The van der Waals surface area contributed by atoms with Crippen molar-refractivity contribution in [2.45, 2.75) is 26.9 Å². The highest BCUT2D eigenvalue weighted by atomic mass is 16.5. The Morgan fingerprint density at radius 2 is 2.16 bits per heavy atom. The minimum atomic E-state index is 0.0474. The lowest BCUT2D eigenvalue weighted by molar-refractivity contribution is -0.00832. The van der Waals surface area contributed by atoms with Crippen LogP contribution in [-0.2, 0) is 11.8 Å². The molecule has 1 saturated heterocycles. The Morgan fingerprint density at radius 1 is 1.28 bits per heavy atom. The zero-order valence-electron chi connectivity index (χ0n) is 19.3. The average Bonchev–Trinajstić information content (AvgIpc) is 3.17. The van der Waals surface area contributed by atoms with Gasteiger partial charge in [-0.2, -0.15) is 5.10 Å². The molecular weight excluding hydrogens is 404 g/mol. The molecule has 0 saturated carbocycles. The molecule has 0 bridgehead atoms. The molecule has 0 aliphatic carbocycles. The number of hydrogen-bond acceptors (Lipinski definition) is 6. The van der Waals surface area contributed by atoms with E-state index in [0.29, 0.717) is 19.7 Å². The molecule has 9 heteroatoms. The van der Waals surface area contributed by atoms with Gasteiger partial charge in [0.25, 0.3) is 0 Å². The largest absolute Gasteiger partial charge is 0.370 e. The number of hydrogen-bond donors (Lipinski definition) is 2. The zero-order chi connectivity index (χ0) is 22.5. The fourth-order valence-electron chi connectivity index (χ4n) is 4.08. The van der Waals surface area contributed by atoms with Crippen molar-refractivity contribution in [3.05, 3.63) is 47.4 Å². The van der Waals surface area contributed by atoms with Crippen LogP contribution >= 0.6 is 0 Å². The first-order valence-corrected chi connectivity index (χ1v) is 11.2. The molecule has 170 valence electrons. The number of guanidine groups is 1. The van der Waals surface area contributed by atoms with Gasteiger partial charge in [0.15, 0.2) is 11.6 Å². The topological polar surface area (TPSA) is 92.5 Å². The molecule has 1 aliphatic rings. The second-order valence-electron chi connectivity index (χ2n) is 8.06. The molecule has 0 amide bonds. The normalized spacial score (nSPS) is 17.1. The van der Waals surface area contributed by atoms with Crippen molar-refractivity contribution in [3.8, 4) is 0 Å². The Kier molecular flexibility index (Phi) is 6.84. The monoisotopic (exact) mass is 436 g/mol. The minimum absolute atomic E-state index is 0.0474. The highest BCUT2D eigenvalue weighted by molar-refractivity contribution is 5.86. The summed E-state index contributed by atoms with van der Waals surface area (Å²) in [6.45, 7) is 10.8. The Morgan fingerprint density at radius 3 is 2.97 bits per heavy atom. The van der Waals surface area contributed by atoms with Crippen LogP contribution in [0.2, 0.25) is 0 Å². The molecule has 3 aromatic rings. The summed E-state index contributed by atoms with van der Waals surface area (Å²) in [5.74, 6) is 1.70. The Bertz CT molecular complexity index is 1090. The van der Waals surface area contributed by atoms with Gasteiger partial charge in [0.05, 0.1) is 31.3 Å². The predicted octanol–water partition coefficient (Wildman–Crippen LogP) is 2.43. The van der Waals surface area contributed by atoms with Gasteiger partial charge < -0.3 is 20.3 Å². The average molecular weight is 437 g/mol. The molecular formula is C23H32N8O. The van der Waals surface area contributed by atoms with Crippen LogP contribution in [-0.4, -0.2) is 69.9 Å². The fraction of sp³-hybridized carbons (Fsp3) is 0.478. The van der Waals surface area contributed by atoms with Gasteiger partial charge in [-0.15, -0.1) is 0 Å². The van der Waals surface area contributed by atoms with E-state index >= 15 is 0 Å². The van der Waals surface area contributed by atoms with E-state index in [2.05, 4.69) is 69.6 Å². The van der Waals surface area contributed by atoms with Crippen molar-refractivity contribution in [1.82, 2.24) is 30.0 Å². The van der Waals surface area contributed by atoms with Gasteiger partial charge in [-0.3, -0.25) is 9.67 Å². The SMILES string of the molecule is CCNC(=NCCNc1ncnc2c1cnn2C)N1CCOC(c2ccc(C)cc2C)C1. The number of aromatic nitrogens is 4. The minimum Gasteiger partial charge on any atom is -0.370 e. The number of ether oxygens (including phenoxy) is 1. The van der Waals surface area contributed by atoms with Gasteiger partial charge in [-0.1, -0.05) is 23.8 Å². The summed E-state index contributed by atoms with van der Waals surface area (Å²) in [5.41, 5.74) is 4.61. The maximum absolute atomic E-state index is 6.11. The molecule has 32 heavy (non-hydrogen) atoms. The lowest BCUT2D eigenvalue weighted by atomic mass is 10.00. The summed E-state index contributed by atoms with van der Waals surface area (Å²) >= 11 is 0. The van der Waals surface area contributed by atoms with E-state index in [1.165, 1.54) is 16.7 Å². The van der Waals surface area contributed by atoms with Gasteiger partial charge in [-0.05, 0) is 31.9 Å². The molecule has 4 rings (SSSR count). The second kappa shape index (κ2) is 9.95. The van der Waals surface area contributed by atoms with E-state index in [4.69, 9.17) is 9.73 Å². The molecule has 1 atom stereocenters. The maximum Gasteiger partial charge on any atom is 0.194 e. The lowest BCUT2D eigenvalue weighted by Gasteiger charge is -2.36. The van der Waals surface area contributed by atoms with Crippen molar-refractivity contribution in [2.75, 3.05) is 44.6 Å². The van der Waals surface area contributed by atoms with Crippen molar-refractivity contribution in [1.29, 1.82) is 0 Å². The van der Waals surface area contributed by atoms with Gasteiger partial charge in [0, 0.05) is 26.7 Å². The summed E-state index contributed by atoms with van der Waals surface area (Å²) in [5, 5.41) is 12.0. The number of aryl methyl sites for hydroxylation is 3. The zero-order valence-corrected chi connectivity index (χ0v) is 19.3. The summed E-state index contributed by atoms with van der Waals surface area (Å²) in [7, 11) is 1.87. The molecule has 1 aromatic carbocycles. The van der Waals surface area contributed by atoms with Crippen molar-refractivity contribution < 1.29 is 4.74 Å². The Labute approximate surface area is 188 Å². The van der Waals surface area contributed by atoms with E-state index < -0.39 is 0 Å². The number of morpholine rings is 1. The van der Waals surface area contributed by atoms with Gasteiger partial charge in [0.2, 0.25) is 0 Å². The number of anilines is 1. The van der Waals surface area contributed by atoms with Crippen molar-refractivity contribution in [3.63, 3.8) is 0 Å². The van der Waals surface area contributed by atoms with Crippen molar-refractivity contribution in [2.24, 2.45) is 12.0 Å².